The molecule has 0 saturated carbocycles. The molecule has 1 N–H and O–H groups in total. The lowest BCUT2D eigenvalue weighted by molar-refractivity contribution is 0.354. The Morgan fingerprint density at radius 2 is 1.71 bits per heavy atom. The van der Waals surface area contributed by atoms with Gasteiger partial charge < -0.3 is 14.8 Å². The Hall–Kier alpha value is -1.68. The third kappa shape index (κ3) is 3.70. The molecule has 0 aliphatic rings. The van der Waals surface area contributed by atoms with E-state index in [1.165, 1.54) is 5.56 Å². The molecular formula is C17H20BrNO2. The van der Waals surface area contributed by atoms with E-state index in [1.54, 1.807) is 14.2 Å². The van der Waals surface area contributed by atoms with E-state index in [1.807, 2.05) is 18.2 Å². The number of anilines is 1. The fourth-order valence-electron chi connectivity index (χ4n) is 2.14. The Balaban J connectivity index is 2.19. The lowest BCUT2D eigenvalue weighted by atomic mass is 10.1. The summed E-state index contributed by atoms with van der Waals surface area (Å²) in [5.74, 6) is 1.49. The second kappa shape index (κ2) is 6.85. The van der Waals surface area contributed by atoms with Crippen molar-refractivity contribution < 1.29 is 9.47 Å². The molecular weight excluding hydrogens is 330 g/mol. The van der Waals surface area contributed by atoms with Gasteiger partial charge in [0, 0.05) is 16.2 Å². The van der Waals surface area contributed by atoms with E-state index in [2.05, 4.69) is 53.3 Å². The largest absolute Gasteiger partial charge is 0.493 e. The first-order valence-corrected chi connectivity index (χ1v) is 7.59. The third-order valence-corrected chi connectivity index (χ3v) is 4.32. The van der Waals surface area contributed by atoms with Crippen molar-refractivity contribution in [3.05, 3.63) is 52.0 Å². The maximum absolute atomic E-state index is 5.35. The SMILES string of the molecule is COc1ccc(C(C)Nc2ccc(C)c(Br)c2)cc1OC. The number of aryl methyl sites for hydroxylation is 1. The van der Waals surface area contributed by atoms with Crippen LogP contribution in [0.25, 0.3) is 0 Å². The Kier molecular flexibility index (Phi) is 5.12. The Bertz CT molecular complexity index is 628. The van der Waals surface area contributed by atoms with Crippen LogP contribution >= 0.6 is 15.9 Å². The van der Waals surface area contributed by atoms with Crippen LogP contribution in [0.3, 0.4) is 0 Å². The topological polar surface area (TPSA) is 30.5 Å². The van der Waals surface area contributed by atoms with Crippen molar-refractivity contribution in [2.45, 2.75) is 19.9 Å². The Labute approximate surface area is 134 Å². The van der Waals surface area contributed by atoms with E-state index in [-0.39, 0.29) is 6.04 Å². The minimum atomic E-state index is 0.166. The molecule has 2 aromatic rings. The van der Waals surface area contributed by atoms with Gasteiger partial charge in [-0.2, -0.15) is 0 Å². The fourth-order valence-corrected chi connectivity index (χ4v) is 2.52. The number of rotatable bonds is 5. The van der Waals surface area contributed by atoms with Gasteiger partial charge in [-0.05, 0) is 49.2 Å². The van der Waals surface area contributed by atoms with Gasteiger partial charge >= 0.3 is 0 Å². The van der Waals surface area contributed by atoms with Crippen LogP contribution in [0, 0.1) is 6.92 Å². The van der Waals surface area contributed by atoms with Gasteiger partial charge in [0.2, 0.25) is 0 Å². The molecule has 0 saturated heterocycles. The number of benzene rings is 2. The first-order valence-electron chi connectivity index (χ1n) is 6.79. The molecule has 2 aromatic carbocycles. The van der Waals surface area contributed by atoms with Crippen LogP contribution in [0.5, 0.6) is 11.5 Å². The molecule has 1 atom stereocenters. The molecule has 1 unspecified atom stereocenters. The van der Waals surface area contributed by atoms with E-state index in [0.29, 0.717) is 0 Å². The Morgan fingerprint density at radius 3 is 2.33 bits per heavy atom. The van der Waals surface area contributed by atoms with Gasteiger partial charge in [0.05, 0.1) is 14.2 Å². The molecule has 2 rings (SSSR count). The van der Waals surface area contributed by atoms with Crippen LogP contribution in [0.15, 0.2) is 40.9 Å². The number of hydrogen-bond acceptors (Lipinski definition) is 3. The van der Waals surface area contributed by atoms with E-state index < -0.39 is 0 Å². The van der Waals surface area contributed by atoms with E-state index in [9.17, 15) is 0 Å². The smallest absolute Gasteiger partial charge is 0.161 e. The van der Waals surface area contributed by atoms with Crippen LogP contribution in [-0.4, -0.2) is 14.2 Å². The van der Waals surface area contributed by atoms with E-state index in [4.69, 9.17) is 9.47 Å². The summed E-state index contributed by atoms with van der Waals surface area (Å²) >= 11 is 3.56. The summed E-state index contributed by atoms with van der Waals surface area (Å²) in [6.07, 6.45) is 0. The number of nitrogens with one attached hydrogen (secondary N) is 1. The zero-order chi connectivity index (χ0) is 15.4. The normalized spacial score (nSPS) is 11.9. The minimum absolute atomic E-state index is 0.166. The van der Waals surface area contributed by atoms with Crippen molar-refractivity contribution in [1.82, 2.24) is 0 Å². The average Bonchev–Trinajstić information content (AvgIpc) is 2.50. The number of methoxy groups -OCH3 is 2. The van der Waals surface area contributed by atoms with Crippen molar-refractivity contribution in [3.8, 4) is 11.5 Å². The molecule has 0 aliphatic carbocycles. The summed E-state index contributed by atoms with van der Waals surface area (Å²) in [4.78, 5) is 0. The van der Waals surface area contributed by atoms with Crippen molar-refractivity contribution in [3.63, 3.8) is 0 Å². The zero-order valence-corrected chi connectivity index (χ0v) is 14.3. The molecule has 0 aromatic heterocycles. The summed E-state index contributed by atoms with van der Waals surface area (Å²) in [7, 11) is 3.29. The summed E-state index contributed by atoms with van der Waals surface area (Å²) in [5.41, 5.74) is 3.44. The van der Waals surface area contributed by atoms with Crippen LogP contribution in [-0.2, 0) is 0 Å². The molecule has 3 nitrogen and oxygen atoms in total. The molecule has 0 aliphatic heterocycles. The highest BCUT2D eigenvalue weighted by Crippen LogP contribution is 2.31. The highest BCUT2D eigenvalue weighted by Gasteiger charge is 2.10. The third-order valence-electron chi connectivity index (χ3n) is 3.46. The van der Waals surface area contributed by atoms with Crippen molar-refractivity contribution in [2.75, 3.05) is 19.5 Å². The van der Waals surface area contributed by atoms with Crippen LogP contribution in [0.4, 0.5) is 5.69 Å². The molecule has 0 amide bonds. The standard InChI is InChI=1S/C17H20BrNO2/c1-11-5-7-14(10-15(11)18)19-12(2)13-6-8-16(20-3)17(9-13)21-4/h5-10,12,19H,1-4H3. The number of ether oxygens (including phenoxy) is 2. The molecule has 0 bridgehead atoms. The number of halogens is 1. The average molecular weight is 350 g/mol. The second-order valence-corrected chi connectivity index (χ2v) is 5.80. The van der Waals surface area contributed by atoms with Gasteiger partial charge in [-0.15, -0.1) is 0 Å². The molecule has 0 spiro atoms. The Morgan fingerprint density at radius 1 is 1.00 bits per heavy atom. The first kappa shape index (κ1) is 15.7. The quantitative estimate of drug-likeness (QED) is 0.828. The molecule has 4 heteroatoms. The van der Waals surface area contributed by atoms with E-state index >= 15 is 0 Å². The monoisotopic (exact) mass is 349 g/mol. The highest BCUT2D eigenvalue weighted by molar-refractivity contribution is 9.10. The minimum Gasteiger partial charge on any atom is -0.493 e. The highest BCUT2D eigenvalue weighted by atomic mass is 79.9. The van der Waals surface area contributed by atoms with Crippen LogP contribution in [0.2, 0.25) is 0 Å². The maximum atomic E-state index is 5.35. The second-order valence-electron chi connectivity index (χ2n) is 4.94. The van der Waals surface area contributed by atoms with Gasteiger partial charge in [0.25, 0.3) is 0 Å². The zero-order valence-electron chi connectivity index (χ0n) is 12.7. The fraction of sp³-hybridized carbons (Fsp3) is 0.294. The summed E-state index contributed by atoms with van der Waals surface area (Å²) in [5, 5.41) is 3.49. The van der Waals surface area contributed by atoms with Gasteiger partial charge in [0.15, 0.2) is 11.5 Å². The lowest BCUT2D eigenvalue weighted by Gasteiger charge is -2.18. The molecule has 0 heterocycles. The van der Waals surface area contributed by atoms with Gasteiger partial charge in [-0.25, -0.2) is 0 Å². The van der Waals surface area contributed by atoms with Gasteiger partial charge in [-0.1, -0.05) is 28.1 Å². The van der Waals surface area contributed by atoms with Crippen LogP contribution in [0.1, 0.15) is 24.1 Å². The predicted molar refractivity (Wildman–Crippen MR) is 90.5 cm³/mol. The van der Waals surface area contributed by atoms with Crippen molar-refractivity contribution in [2.24, 2.45) is 0 Å². The summed E-state index contributed by atoms with van der Waals surface area (Å²) in [6, 6.07) is 12.4. The summed E-state index contributed by atoms with van der Waals surface area (Å²) in [6.45, 7) is 4.20. The summed E-state index contributed by atoms with van der Waals surface area (Å²) < 4.78 is 11.7. The lowest BCUT2D eigenvalue weighted by Crippen LogP contribution is -2.07. The maximum Gasteiger partial charge on any atom is 0.161 e. The molecule has 0 radical (unpaired) electrons. The van der Waals surface area contributed by atoms with Crippen molar-refractivity contribution >= 4 is 21.6 Å². The van der Waals surface area contributed by atoms with E-state index in [0.717, 1.165) is 27.2 Å². The molecule has 112 valence electrons. The van der Waals surface area contributed by atoms with Gasteiger partial charge in [0.1, 0.15) is 0 Å². The van der Waals surface area contributed by atoms with Gasteiger partial charge in [-0.3, -0.25) is 0 Å². The number of hydrogen-bond donors (Lipinski definition) is 1. The molecule has 21 heavy (non-hydrogen) atoms. The van der Waals surface area contributed by atoms with Crippen LogP contribution < -0.4 is 14.8 Å². The molecule has 0 fully saturated rings. The first-order chi connectivity index (χ1) is 10.0. The van der Waals surface area contributed by atoms with Crippen molar-refractivity contribution in [1.29, 1.82) is 0 Å². The predicted octanol–water partition coefficient (Wildman–Crippen LogP) is 4.95.